The number of aliphatic hydroxyl groups is 2. The van der Waals surface area contributed by atoms with Crippen molar-refractivity contribution < 1.29 is 24.5 Å². The van der Waals surface area contributed by atoms with E-state index in [9.17, 15) is 19.8 Å². The van der Waals surface area contributed by atoms with E-state index >= 15 is 0 Å². The van der Waals surface area contributed by atoms with Crippen LogP contribution < -0.4 is 5.32 Å². The Morgan fingerprint density at radius 3 is 1.25 bits per heavy atom. The average Bonchev–Trinajstić information content (AvgIpc) is 3.24. The zero-order valence-electron chi connectivity index (χ0n) is 39.7. The van der Waals surface area contributed by atoms with Crippen LogP contribution in [-0.2, 0) is 14.3 Å². The highest BCUT2D eigenvalue weighted by Gasteiger charge is 2.20. The van der Waals surface area contributed by atoms with Crippen molar-refractivity contribution in [3.05, 3.63) is 12.2 Å². The summed E-state index contributed by atoms with van der Waals surface area (Å²) >= 11 is 0. The molecule has 2 unspecified atom stereocenters. The van der Waals surface area contributed by atoms with Crippen LogP contribution in [0.3, 0.4) is 0 Å². The number of amides is 1. The maximum atomic E-state index is 12.5. The first kappa shape index (κ1) is 57.6. The molecule has 0 heterocycles. The van der Waals surface area contributed by atoms with Gasteiger partial charge in [-0.15, -0.1) is 0 Å². The predicted molar refractivity (Wildman–Crippen MR) is 255 cm³/mol. The Morgan fingerprint density at radius 2 is 0.814 bits per heavy atom. The van der Waals surface area contributed by atoms with Crippen molar-refractivity contribution in [3.8, 4) is 0 Å². The fraction of sp³-hybridized carbons (Fsp3) is 0.925. The molecular weight excluding hydrogens is 731 g/mol. The number of carbonyl (C=O) groups is 2. The summed E-state index contributed by atoms with van der Waals surface area (Å²) in [6.07, 6.45) is 56.1. The Hall–Kier alpha value is -1.40. The van der Waals surface area contributed by atoms with Crippen LogP contribution in [-0.4, -0.2) is 47.4 Å². The van der Waals surface area contributed by atoms with Crippen molar-refractivity contribution in [1.82, 2.24) is 5.32 Å². The summed E-state index contributed by atoms with van der Waals surface area (Å²) in [5, 5.41) is 23.3. The van der Waals surface area contributed by atoms with Gasteiger partial charge in [-0.25, -0.2) is 0 Å². The number of aliphatic hydroxyl groups excluding tert-OH is 2. The molecule has 0 aromatic rings. The van der Waals surface area contributed by atoms with Crippen LogP contribution in [0.15, 0.2) is 12.2 Å². The molecule has 0 spiro atoms. The average molecular weight is 834 g/mol. The Balaban J connectivity index is 3.48. The van der Waals surface area contributed by atoms with Crippen LogP contribution in [0.4, 0.5) is 0 Å². The van der Waals surface area contributed by atoms with E-state index in [2.05, 4.69) is 31.3 Å². The minimum atomic E-state index is -0.682. The van der Waals surface area contributed by atoms with Gasteiger partial charge < -0.3 is 20.3 Å². The molecule has 0 aromatic carbocycles. The monoisotopic (exact) mass is 834 g/mol. The minimum Gasteiger partial charge on any atom is -0.466 e. The first-order valence-corrected chi connectivity index (χ1v) is 26.4. The molecule has 0 saturated heterocycles. The van der Waals surface area contributed by atoms with Gasteiger partial charge in [-0.3, -0.25) is 9.59 Å². The molecule has 0 aliphatic heterocycles. The number of ether oxygens (including phenoxy) is 1. The molecule has 3 N–H and O–H groups in total. The second kappa shape index (κ2) is 49.3. The van der Waals surface area contributed by atoms with E-state index < -0.39 is 12.1 Å². The summed E-state index contributed by atoms with van der Waals surface area (Å²) in [4.78, 5) is 24.4. The summed E-state index contributed by atoms with van der Waals surface area (Å²) in [7, 11) is 0. The van der Waals surface area contributed by atoms with Crippen LogP contribution in [0.1, 0.15) is 290 Å². The Morgan fingerprint density at radius 1 is 0.458 bits per heavy atom. The highest BCUT2D eigenvalue weighted by molar-refractivity contribution is 5.76. The SMILES string of the molecule is CCCC/C=C\CCCCCCCC(=O)OCCCCCCCCCCCC(=O)NC(CO)C(O)CCCCCCCCCCCCCCCCCCCCCCCC. The van der Waals surface area contributed by atoms with Crippen molar-refractivity contribution in [2.45, 2.75) is 302 Å². The molecule has 0 aromatic heterocycles. The van der Waals surface area contributed by atoms with E-state index in [0.29, 0.717) is 25.9 Å². The number of carbonyl (C=O) groups excluding carboxylic acids is 2. The summed E-state index contributed by atoms with van der Waals surface area (Å²) in [5.41, 5.74) is 0. The van der Waals surface area contributed by atoms with Crippen molar-refractivity contribution in [3.63, 3.8) is 0 Å². The van der Waals surface area contributed by atoms with Gasteiger partial charge in [0.2, 0.25) is 5.91 Å². The smallest absolute Gasteiger partial charge is 0.305 e. The molecular formula is C53H103NO5. The second-order valence-corrected chi connectivity index (χ2v) is 18.2. The molecule has 59 heavy (non-hydrogen) atoms. The maximum absolute atomic E-state index is 12.5. The molecule has 6 heteroatoms. The first-order chi connectivity index (χ1) is 29.0. The molecule has 350 valence electrons. The van der Waals surface area contributed by atoms with Gasteiger partial charge >= 0.3 is 5.97 Å². The van der Waals surface area contributed by atoms with Crippen LogP contribution in [0.5, 0.6) is 0 Å². The number of hydrogen-bond donors (Lipinski definition) is 3. The Kier molecular flexibility index (Phi) is 48.1. The highest BCUT2D eigenvalue weighted by atomic mass is 16.5. The van der Waals surface area contributed by atoms with Crippen LogP contribution in [0, 0.1) is 0 Å². The number of rotatable bonds is 49. The number of esters is 1. The lowest BCUT2D eigenvalue weighted by molar-refractivity contribution is -0.143. The van der Waals surface area contributed by atoms with Crippen LogP contribution in [0.2, 0.25) is 0 Å². The molecule has 2 atom stereocenters. The molecule has 6 nitrogen and oxygen atoms in total. The van der Waals surface area contributed by atoms with Gasteiger partial charge in [-0.1, -0.05) is 244 Å². The second-order valence-electron chi connectivity index (χ2n) is 18.2. The topological polar surface area (TPSA) is 95.9 Å². The molecule has 1 amide bonds. The van der Waals surface area contributed by atoms with Crippen LogP contribution >= 0.6 is 0 Å². The lowest BCUT2D eigenvalue weighted by Crippen LogP contribution is -2.45. The van der Waals surface area contributed by atoms with E-state index in [1.165, 1.54) is 199 Å². The van der Waals surface area contributed by atoms with Crippen molar-refractivity contribution in [1.29, 1.82) is 0 Å². The zero-order chi connectivity index (χ0) is 43.0. The third-order valence-electron chi connectivity index (χ3n) is 12.3. The molecule has 0 rings (SSSR count). The van der Waals surface area contributed by atoms with Crippen molar-refractivity contribution >= 4 is 11.9 Å². The van der Waals surface area contributed by atoms with E-state index in [-0.39, 0.29) is 18.5 Å². The zero-order valence-corrected chi connectivity index (χ0v) is 39.7. The molecule has 0 fully saturated rings. The minimum absolute atomic E-state index is 0.0352. The predicted octanol–water partition coefficient (Wildman–Crippen LogP) is 15.7. The van der Waals surface area contributed by atoms with E-state index in [0.717, 1.165) is 57.8 Å². The summed E-state index contributed by atoms with van der Waals surface area (Å²) in [6.45, 7) is 4.86. The number of unbranched alkanes of at least 4 members (excludes halogenated alkanes) is 36. The van der Waals surface area contributed by atoms with Gasteiger partial charge in [0, 0.05) is 12.8 Å². The fourth-order valence-electron chi connectivity index (χ4n) is 8.21. The van der Waals surface area contributed by atoms with Gasteiger partial charge in [0.05, 0.1) is 25.4 Å². The van der Waals surface area contributed by atoms with E-state index in [1.54, 1.807) is 0 Å². The van der Waals surface area contributed by atoms with E-state index in [1.807, 2.05) is 0 Å². The van der Waals surface area contributed by atoms with Gasteiger partial charge in [-0.05, 0) is 44.9 Å². The highest BCUT2D eigenvalue weighted by Crippen LogP contribution is 2.17. The molecule has 0 radical (unpaired) electrons. The molecule has 0 aliphatic rings. The third-order valence-corrected chi connectivity index (χ3v) is 12.3. The number of allylic oxidation sites excluding steroid dienone is 2. The summed E-state index contributed by atoms with van der Waals surface area (Å²) in [6, 6.07) is -0.562. The lowest BCUT2D eigenvalue weighted by Gasteiger charge is -2.22. The normalized spacial score (nSPS) is 12.7. The van der Waals surface area contributed by atoms with Crippen LogP contribution in [0.25, 0.3) is 0 Å². The van der Waals surface area contributed by atoms with Gasteiger partial charge in [-0.2, -0.15) is 0 Å². The van der Waals surface area contributed by atoms with Gasteiger partial charge in [0.25, 0.3) is 0 Å². The van der Waals surface area contributed by atoms with Crippen molar-refractivity contribution in [2.24, 2.45) is 0 Å². The van der Waals surface area contributed by atoms with Crippen molar-refractivity contribution in [2.75, 3.05) is 13.2 Å². The third kappa shape index (κ3) is 45.9. The first-order valence-electron chi connectivity index (χ1n) is 26.4. The van der Waals surface area contributed by atoms with E-state index in [4.69, 9.17) is 4.74 Å². The van der Waals surface area contributed by atoms with Gasteiger partial charge in [0.15, 0.2) is 0 Å². The largest absolute Gasteiger partial charge is 0.466 e. The Labute approximate surface area is 368 Å². The van der Waals surface area contributed by atoms with Gasteiger partial charge in [0.1, 0.15) is 0 Å². The number of hydrogen-bond acceptors (Lipinski definition) is 5. The fourth-order valence-corrected chi connectivity index (χ4v) is 8.21. The summed E-state index contributed by atoms with van der Waals surface area (Å²) in [5.74, 6) is -0.0958. The maximum Gasteiger partial charge on any atom is 0.305 e. The number of nitrogens with one attached hydrogen (secondary N) is 1. The molecule has 0 saturated carbocycles. The quantitative estimate of drug-likeness (QED) is 0.0322. The standard InChI is InChI=1S/C53H103NO5/c1-3-5-7-9-11-13-15-16-17-18-19-20-21-22-23-24-25-27-29-33-37-41-45-51(56)50(49-55)54-52(57)46-42-38-34-30-28-32-36-40-44-48-59-53(58)47-43-39-35-31-26-14-12-10-8-6-4-2/h10,12,50-51,55-56H,3-9,11,13-49H2,1-2H3,(H,54,57)/b12-10-. The molecule has 0 aliphatic carbocycles. The summed E-state index contributed by atoms with van der Waals surface area (Å²) < 4.78 is 5.43. The lowest BCUT2D eigenvalue weighted by atomic mass is 10.0. The molecule has 0 bridgehead atoms. The Bertz CT molecular complexity index is 878.